The molecule has 0 spiro atoms. The zero-order valence-electron chi connectivity index (χ0n) is 9.74. The molecule has 1 N–H and O–H groups in total. The van der Waals surface area contributed by atoms with Gasteiger partial charge in [-0.1, -0.05) is 6.92 Å². The summed E-state index contributed by atoms with van der Waals surface area (Å²) < 4.78 is 26.0. The molecule has 18 heavy (non-hydrogen) atoms. The van der Waals surface area contributed by atoms with Crippen LogP contribution in [0.15, 0.2) is 18.2 Å². The second-order valence-electron chi connectivity index (χ2n) is 4.00. The van der Waals surface area contributed by atoms with Crippen molar-refractivity contribution in [2.75, 3.05) is 11.4 Å². The molecule has 1 unspecified atom stereocenters. The fourth-order valence-electron chi connectivity index (χ4n) is 1.98. The third-order valence-corrected chi connectivity index (χ3v) is 2.86. The Bertz CT molecular complexity index is 505. The van der Waals surface area contributed by atoms with E-state index in [0.29, 0.717) is 6.42 Å². The van der Waals surface area contributed by atoms with Crippen molar-refractivity contribution in [2.45, 2.75) is 19.4 Å². The van der Waals surface area contributed by atoms with Crippen molar-refractivity contribution < 1.29 is 18.4 Å². The zero-order chi connectivity index (χ0) is 13.3. The molecule has 2 rings (SSSR count). The van der Waals surface area contributed by atoms with E-state index < -0.39 is 17.7 Å². The van der Waals surface area contributed by atoms with Gasteiger partial charge in [0.2, 0.25) is 11.8 Å². The Balaban J connectivity index is 2.41. The smallest absolute Gasteiger partial charge is 0.247 e. The van der Waals surface area contributed by atoms with Crippen LogP contribution >= 0.6 is 0 Å². The molecule has 1 atom stereocenters. The minimum absolute atomic E-state index is 0.131. The van der Waals surface area contributed by atoms with E-state index in [2.05, 4.69) is 5.32 Å². The van der Waals surface area contributed by atoms with Crippen LogP contribution < -0.4 is 10.2 Å². The van der Waals surface area contributed by atoms with Gasteiger partial charge in [0.15, 0.2) is 11.6 Å². The van der Waals surface area contributed by atoms with Crippen LogP contribution in [0, 0.1) is 11.6 Å². The van der Waals surface area contributed by atoms with Gasteiger partial charge in [0.05, 0.1) is 6.54 Å². The number of nitrogens with one attached hydrogen (secondary N) is 1. The van der Waals surface area contributed by atoms with Gasteiger partial charge in [-0.05, 0) is 18.6 Å². The van der Waals surface area contributed by atoms with Crippen LogP contribution in [0.5, 0.6) is 0 Å². The van der Waals surface area contributed by atoms with Gasteiger partial charge in [-0.15, -0.1) is 0 Å². The first-order valence-corrected chi connectivity index (χ1v) is 5.59. The predicted molar refractivity (Wildman–Crippen MR) is 60.9 cm³/mol. The van der Waals surface area contributed by atoms with Gasteiger partial charge in [-0.25, -0.2) is 8.78 Å². The van der Waals surface area contributed by atoms with Gasteiger partial charge in [-0.2, -0.15) is 0 Å². The van der Waals surface area contributed by atoms with E-state index >= 15 is 0 Å². The Morgan fingerprint density at radius 1 is 1.33 bits per heavy atom. The number of benzene rings is 1. The minimum Gasteiger partial charge on any atom is -0.345 e. The molecular weight excluding hydrogens is 242 g/mol. The summed E-state index contributed by atoms with van der Waals surface area (Å²) in [6.45, 7) is 1.62. The van der Waals surface area contributed by atoms with Gasteiger partial charge in [0.1, 0.15) is 6.04 Å². The van der Waals surface area contributed by atoms with Crippen LogP contribution in [0.3, 0.4) is 0 Å². The maximum absolute atomic E-state index is 13.2. The van der Waals surface area contributed by atoms with Crippen molar-refractivity contribution >= 4 is 17.5 Å². The summed E-state index contributed by atoms with van der Waals surface area (Å²) >= 11 is 0. The lowest BCUT2D eigenvalue weighted by atomic mass is 10.1. The first-order valence-electron chi connectivity index (χ1n) is 5.59. The van der Waals surface area contributed by atoms with Crippen molar-refractivity contribution in [3.8, 4) is 0 Å². The summed E-state index contributed by atoms with van der Waals surface area (Å²) in [5.74, 6) is -2.66. The topological polar surface area (TPSA) is 49.4 Å². The van der Waals surface area contributed by atoms with Gasteiger partial charge in [-0.3, -0.25) is 14.5 Å². The monoisotopic (exact) mass is 254 g/mol. The third-order valence-electron chi connectivity index (χ3n) is 2.86. The number of piperazine rings is 1. The number of carbonyl (C=O) groups is 2. The largest absolute Gasteiger partial charge is 0.345 e. The molecule has 1 fully saturated rings. The highest BCUT2D eigenvalue weighted by Gasteiger charge is 2.34. The van der Waals surface area contributed by atoms with E-state index in [1.165, 1.54) is 11.0 Å². The van der Waals surface area contributed by atoms with Crippen molar-refractivity contribution in [2.24, 2.45) is 0 Å². The maximum Gasteiger partial charge on any atom is 0.247 e. The second-order valence-corrected chi connectivity index (χ2v) is 4.00. The first kappa shape index (κ1) is 12.5. The molecule has 0 bridgehead atoms. The summed E-state index contributed by atoms with van der Waals surface area (Å²) in [6, 6.07) is 2.47. The number of nitrogens with zero attached hydrogens (tertiary/aromatic N) is 1. The van der Waals surface area contributed by atoms with Gasteiger partial charge in [0, 0.05) is 11.8 Å². The lowest BCUT2D eigenvalue weighted by Gasteiger charge is -2.34. The van der Waals surface area contributed by atoms with E-state index in [-0.39, 0.29) is 24.0 Å². The molecule has 1 aliphatic rings. The molecule has 6 heteroatoms. The normalized spacial score (nSPS) is 19.9. The Morgan fingerprint density at radius 2 is 2.06 bits per heavy atom. The molecular formula is C12H12F2N2O2. The fourth-order valence-corrected chi connectivity index (χ4v) is 1.98. The number of halogens is 2. The number of hydrogen-bond acceptors (Lipinski definition) is 2. The Kier molecular flexibility index (Phi) is 3.27. The highest BCUT2D eigenvalue weighted by Crippen LogP contribution is 2.23. The van der Waals surface area contributed by atoms with Crippen molar-refractivity contribution in [3.05, 3.63) is 29.8 Å². The van der Waals surface area contributed by atoms with Gasteiger partial charge >= 0.3 is 0 Å². The molecule has 1 saturated heterocycles. The third kappa shape index (κ3) is 2.05. The fraction of sp³-hybridized carbons (Fsp3) is 0.333. The van der Waals surface area contributed by atoms with Crippen LogP contribution in [-0.2, 0) is 9.59 Å². The SMILES string of the molecule is CCC1C(=O)NCC(=O)N1c1ccc(F)c(F)c1. The number of anilines is 1. The zero-order valence-corrected chi connectivity index (χ0v) is 9.74. The summed E-state index contributed by atoms with van der Waals surface area (Å²) in [4.78, 5) is 24.6. The second kappa shape index (κ2) is 4.72. The lowest BCUT2D eigenvalue weighted by Crippen LogP contribution is -2.58. The molecule has 0 aromatic heterocycles. The first-order chi connectivity index (χ1) is 8.54. The van der Waals surface area contributed by atoms with E-state index in [4.69, 9.17) is 0 Å². The molecule has 4 nitrogen and oxygen atoms in total. The van der Waals surface area contributed by atoms with Crippen molar-refractivity contribution in [3.63, 3.8) is 0 Å². The van der Waals surface area contributed by atoms with Crippen LogP contribution in [-0.4, -0.2) is 24.4 Å². The van der Waals surface area contributed by atoms with E-state index in [1.807, 2.05) is 0 Å². The summed E-state index contributed by atoms with van der Waals surface area (Å²) in [5.41, 5.74) is 0.195. The van der Waals surface area contributed by atoms with Crippen LogP contribution in [0.2, 0.25) is 0 Å². The Labute approximate surface area is 103 Å². The van der Waals surface area contributed by atoms with E-state index in [9.17, 15) is 18.4 Å². The molecule has 0 saturated carbocycles. The number of rotatable bonds is 2. The molecule has 0 radical (unpaired) electrons. The molecule has 2 amide bonds. The van der Waals surface area contributed by atoms with Crippen molar-refractivity contribution in [1.82, 2.24) is 5.32 Å². The standard InChI is InChI=1S/C12H12F2N2O2/c1-2-10-12(18)15-6-11(17)16(10)7-3-4-8(13)9(14)5-7/h3-5,10H,2,6H2,1H3,(H,15,18). The molecule has 1 heterocycles. The average molecular weight is 254 g/mol. The molecule has 1 aromatic carbocycles. The van der Waals surface area contributed by atoms with Gasteiger partial charge in [0.25, 0.3) is 0 Å². The Morgan fingerprint density at radius 3 is 2.67 bits per heavy atom. The molecule has 1 aliphatic heterocycles. The highest BCUT2D eigenvalue weighted by atomic mass is 19.2. The summed E-state index contributed by atoms with van der Waals surface area (Å²) in [6.07, 6.45) is 0.399. The lowest BCUT2D eigenvalue weighted by molar-refractivity contribution is -0.131. The maximum atomic E-state index is 13.2. The van der Waals surface area contributed by atoms with E-state index in [0.717, 1.165) is 12.1 Å². The molecule has 0 aliphatic carbocycles. The molecule has 1 aromatic rings. The van der Waals surface area contributed by atoms with E-state index in [1.54, 1.807) is 6.92 Å². The quantitative estimate of drug-likeness (QED) is 0.862. The minimum atomic E-state index is -1.04. The summed E-state index contributed by atoms with van der Waals surface area (Å²) in [7, 11) is 0. The van der Waals surface area contributed by atoms with Crippen LogP contribution in [0.1, 0.15) is 13.3 Å². The number of hydrogen-bond donors (Lipinski definition) is 1. The number of carbonyl (C=O) groups excluding carboxylic acids is 2. The van der Waals surface area contributed by atoms with Crippen molar-refractivity contribution in [1.29, 1.82) is 0 Å². The predicted octanol–water partition coefficient (Wildman–Crippen LogP) is 1.21. The number of amides is 2. The Hall–Kier alpha value is -1.98. The summed E-state index contributed by atoms with van der Waals surface area (Å²) in [5, 5.41) is 2.46. The van der Waals surface area contributed by atoms with Gasteiger partial charge < -0.3 is 5.32 Å². The highest BCUT2D eigenvalue weighted by molar-refractivity contribution is 6.06. The molecule has 96 valence electrons. The van der Waals surface area contributed by atoms with Crippen LogP contribution in [0.4, 0.5) is 14.5 Å². The van der Waals surface area contributed by atoms with Crippen LogP contribution in [0.25, 0.3) is 0 Å². The average Bonchev–Trinajstić information content (AvgIpc) is 2.35.